The number of nitrogens with two attached hydrogens (primary N) is 1. The van der Waals surface area contributed by atoms with E-state index in [-0.39, 0.29) is 10.8 Å². The molecule has 0 saturated heterocycles. The van der Waals surface area contributed by atoms with Crippen molar-refractivity contribution in [2.75, 3.05) is 10.7 Å². The molecule has 1 spiro atoms. The molecular formula is C20H20F3N7O2S. The maximum absolute atomic E-state index is 14.0. The summed E-state index contributed by atoms with van der Waals surface area (Å²) in [7, 11) is -3.83. The van der Waals surface area contributed by atoms with Crippen molar-refractivity contribution in [3.05, 3.63) is 36.5 Å². The standard InChI is InChI=1S/C20H20F3N7O2S/c21-20(22,23)17-19(8-2-1-3-9-19)30-15(28-29-17)10-12-11-25-18(27-16(12)30)26-13-4-6-14(7-5-13)33(24,31)32/h4-7,10-11,28H,1-3,8-9H2,(H2,24,31,32)(H,25,26,27). The number of sulfonamides is 1. The van der Waals surface area contributed by atoms with Crippen molar-refractivity contribution < 1.29 is 21.6 Å². The molecule has 0 unspecified atom stereocenters. The van der Waals surface area contributed by atoms with E-state index in [1.807, 2.05) is 0 Å². The monoisotopic (exact) mass is 479 g/mol. The Hall–Kier alpha value is -3.19. The lowest BCUT2D eigenvalue weighted by atomic mass is 9.77. The molecule has 13 heteroatoms. The van der Waals surface area contributed by atoms with E-state index in [1.165, 1.54) is 30.5 Å². The molecule has 174 valence electrons. The van der Waals surface area contributed by atoms with Crippen LogP contribution in [0.1, 0.15) is 32.1 Å². The first-order valence-electron chi connectivity index (χ1n) is 10.3. The number of primary sulfonamides is 1. The van der Waals surface area contributed by atoms with Crippen molar-refractivity contribution >= 4 is 44.2 Å². The van der Waals surface area contributed by atoms with Gasteiger partial charge in [0.2, 0.25) is 16.0 Å². The first-order chi connectivity index (χ1) is 15.6. The minimum absolute atomic E-state index is 0.0469. The van der Waals surface area contributed by atoms with E-state index in [0.29, 0.717) is 48.2 Å². The van der Waals surface area contributed by atoms with Crippen LogP contribution >= 0.6 is 0 Å². The molecule has 0 atom stereocenters. The summed E-state index contributed by atoms with van der Waals surface area (Å²) in [4.78, 5) is 8.72. The Balaban J connectivity index is 1.57. The summed E-state index contributed by atoms with van der Waals surface area (Å²) >= 11 is 0. The van der Waals surface area contributed by atoms with E-state index in [0.717, 1.165) is 6.42 Å². The van der Waals surface area contributed by atoms with Crippen molar-refractivity contribution in [1.29, 1.82) is 0 Å². The maximum atomic E-state index is 14.0. The molecule has 2 aliphatic rings. The molecule has 5 rings (SSSR count). The minimum Gasteiger partial charge on any atom is -0.324 e. The number of nitrogens with zero attached hydrogens (tertiary/aromatic N) is 4. The molecule has 0 bridgehead atoms. The molecule has 2 aromatic heterocycles. The van der Waals surface area contributed by atoms with E-state index in [1.54, 1.807) is 10.6 Å². The Kier molecular flexibility index (Phi) is 4.86. The Morgan fingerprint density at radius 2 is 1.82 bits per heavy atom. The average molecular weight is 479 g/mol. The zero-order valence-corrected chi connectivity index (χ0v) is 18.0. The fraction of sp³-hybridized carbons (Fsp3) is 0.350. The summed E-state index contributed by atoms with van der Waals surface area (Å²) in [6.07, 6.45) is -0.262. The Labute approximate surface area is 186 Å². The van der Waals surface area contributed by atoms with Crippen LogP contribution in [0.3, 0.4) is 0 Å². The van der Waals surface area contributed by atoms with Gasteiger partial charge in [0, 0.05) is 17.3 Å². The molecule has 1 aliphatic carbocycles. The third kappa shape index (κ3) is 3.70. The van der Waals surface area contributed by atoms with E-state index in [9.17, 15) is 21.6 Å². The van der Waals surface area contributed by atoms with Gasteiger partial charge in [0.15, 0.2) is 5.71 Å². The number of anilines is 3. The topological polar surface area (TPSA) is 127 Å². The van der Waals surface area contributed by atoms with Gasteiger partial charge in [0.05, 0.1) is 10.4 Å². The Bertz CT molecular complexity index is 1360. The number of rotatable bonds is 3. The molecule has 1 saturated carbocycles. The maximum Gasteiger partial charge on any atom is 0.433 e. The van der Waals surface area contributed by atoms with Gasteiger partial charge in [-0.05, 0) is 43.2 Å². The van der Waals surface area contributed by atoms with Crippen molar-refractivity contribution in [3.63, 3.8) is 0 Å². The second-order valence-electron chi connectivity index (χ2n) is 8.19. The predicted octanol–water partition coefficient (Wildman–Crippen LogP) is 3.83. The second kappa shape index (κ2) is 7.42. The van der Waals surface area contributed by atoms with Gasteiger partial charge in [-0.2, -0.15) is 23.3 Å². The number of benzene rings is 1. The molecule has 1 aliphatic heterocycles. The number of fused-ring (bicyclic) bond motifs is 4. The lowest BCUT2D eigenvalue weighted by Gasteiger charge is -2.43. The van der Waals surface area contributed by atoms with Gasteiger partial charge in [-0.15, -0.1) is 0 Å². The Morgan fingerprint density at radius 3 is 2.45 bits per heavy atom. The molecule has 9 nitrogen and oxygen atoms in total. The van der Waals surface area contributed by atoms with E-state index in [4.69, 9.17) is 5.14 Å². The van der Waals surface area contributed by atoms with Crippen molar-refractivity contribution in [3.8, 4) is 0 Å². The quantitative estimate of drug-likeness (QED) is 0.524. The number of alkyl halides is 3. The lowest BCUT2D eigenvalue weighted by Crippen LogP contribution is -2.52. The van der Waals surface area contributed by atoms with Gasteiger partial charge < -0.3 is 5.32 Å². The third-order valence-corrected chi connectivity index (χ3v) is 7.01. The van der Waals surface area contributed by atoms with Crippen molar-refractivity contribution in [1.82, 2.24) is 14.5 Å². The number of aromatic nitrogens is 3. The molecule has 1 fully saturated rings. The van der Waals surface area contributed by atoms with Gasteiger partial charge in [-0.1, -0.05) is 19.3 Å². The van der Waals surface area contributed by atoms with Crippen LogP contribution in [0.2, 0.25) is 0 Å². The van der Waals surface area contributed by atoms with Crippen LogP contribution in [-0.4, -0.2) is 34.8 Å². The summed E-state index contributed by atoms with van der Waals surface area (Å²) in [5.41, 5.74) is 1.22. The molecule has 33 heavy (non-hydrogen) atoms. The summed E-state index contributed by atoms with van der Waals surface area (Å²) in [5, 5.41) is 12.4. The number of halogens is 3. The normalized spacial score (nSPS) is 18.0. The first kappa shape index (κ1) is 21.6. The van der Waals surface area contributed by atoms with Crippen LogP contribution in [0.5, 0.6) is 0 Å². The van der Waals surface area contributed by atoms with Gasteiger partial charge in [0.1, 0.15) is 11.5 Å². The fourth-order valence-corrected chi connectivity index (χ4v) is 5.18. The summed E-state index contributed by atoms with van der Waals surface area (Å²) in [6, 6.07) is 7.36. The van der Waals surface area contributed by atoms with E-state index < -0.39 is 27.5 Å². The number of hydrazone groups is 1. The van der Waals surface area contributed by atoms with Gasteiger partial charge in [0.25, 0.3) is 0 Å². The van der Waals surface area contributed by atoms with Crippen LogP contribution in [0.25, 0.3) is 11.0 Å². The molecule has 0 amide bonds. The highest BCUT2D eigenvalue weighted by Gasteiger charge is 2.54. The molecule has 3 heterocycles. The molecule has 1 aromatic carbocycles. The van der Waals surface area contributed by atoms with E-state index in [2.05, 4.69) is 25.8 Å². The fourth-order valence-electron chi connectivity index (χ4n) is 4.67. The van der Waals surface area contributed by atoms with Crippen LogP contribution in [0, 0.1) is 0 Å². The highest BCUT2D eigenvalue weighted by molar-refractivity contribution is 7.89. The highest BCUT2D eigenvalue weighted by Crippen LogP contribution is 2.47. The average Bonchev–Trinajstić information content (AvgIpc) is 3.12. The van der Waals surface area contributed by atoms with Gasteiger partial charge in [-0.25, -0.2) is 18.5 Å². The largest absolute Gasteiger partial charge is 0.433 e. The van der Waals surface area contributed by atoms with Crippen LogP contribution in [-0.2, 0) is 15.6 Å². The zero-order valence-electron chi connectivity index (χ0n) is 17.2. The highest BCUT2D eigenvalue weighted by atomic mass is 32.2. The minimum atomic E-state index is -4.59. The van der Waals surface area contributed by atoms with Gasteiger partial charge >= 0.3 is 6.18 Å². The molecular weight excluding hydrogens is 459 g/mol. The SMILES string of the molecule is NS(=O)(=O)c1ccc(Nc2ncc3cc4n(c3n2)C2(CCCCC2)C(C(F)(F)F)=NN4)cc1. The van der Waals surface area contributed by atoms with Crippen LogP contribution < -0.4 is 15.9 Å². The molecule has 0 radical (unpaired) electrons. The van der Waals surface area contributed by atoms with Crippen molar-refractivity contribution in [2.45, 2.75) is 48.7 Å². The summed E-state index contributed by atoms with van der Waals surface area (Å²) in [6.45, 7) is 0. The second-order valence-corrected chi connectivity index (χ2v) is 9.76. The molecule has 4 N–H and O–H groups in total. The zero-order chi connectivity index (χ0) is 23.4. The summed E-state index contributed by atoms with van der Waals surface area (Å²) < 4.78 is 66.4. The first-order valence-corrected chi connectivity index (χ1v) is 11.8. The predicted molar refractivity (Wildman–Crippen MR) is 117 cm³/mol. The number of hydrogen-bond acceptors (Lipinski definition) is 7. The van der Waals surface area contributed by atoms with E-state index >= 15 is 0 Å². The Morgan fingerprint density at radius 1 is 1.12 bits per heavy atom. The van der Waals surface area contributed by atoms with Crippen molar-refractivity contribution in [2.24, 2.45) is 10.2 Å². The third-order valence-electron chi connectivity index (χ3n) is 6.08. The number of hydrogen-bond donors (Lipinski definition) is 3. The summed E-state index contributed by atoms with van der Waals surface area (Å²) in [5.74, 6) is 0.595. The lowest BCUT2D eigenvalue weighted by molar-refractivity contribution is -0.0682. The van der Waals surface area contributed by atoms with Gasteiger partial charge in [-0.3, -0.25) is 9.99 Å². The van der Waals surface area contributed by atoms with Crippen LogP contribution in [0.4, 0.5) is 30.6 Å². The van der Waals surface area contributed by atoms with Crippen LogP contribution in [0.15, 0.2) is 46.5 Å². The molecule has 3 aromatic rings. The number of nitrogens with one attached hydrogen (secondary N) is 2. The smallest absolute Gasteiger partial charge is 0.324 e.